The van der Waals surface area contributed by atoms with Gasteiger partial charge in [-0.15, -0.1) is 0 Å². The smallest absolute Gasteiger partial charge is 0.244 e. The van der Waals surface area contributed by atoms with Gasteiger partial charge in [0.15, 0.2) is 0 Å². The van der Waals surface area contributed by atoms with Crippen molar-refractivity contribution >= 4 is 5.91 Å². The second-order valence-electron chi connectivity index (χ2n) is 7.06. The summed E-state index contributed by atoms with van der Waals surface area (Å²) in [6, 6.07) is 0.179. The summed E-state index contributed by atoms with van der Waals surface area (Å²) >= 11 is 0. The van der Waals surface area contributed by atoms with Gasteiger partial charge in [-0.1, -0.05) is 27.7 Å². The topological polar surface area (TPSA) is 41.6 Å². The largest absolute Gasteiger partial charge is 0.380 e. The van der Waals surface area contributed by atoms with E-state index in [0.717, 1.165) is 19.3 Å². The average Bonchev–Trinajstić information content (AvgIpc) is 3.07. The molecule has 0 aromatic carbocycles. The van der Waals surface area contributed by atoms with E-state index in [0.29, 0.717) is 31.0 Å². The Balaban J connectivity index is 2.16. The molecule has 2 atom stereocenters. The van der Waals surface area contributed by atoms with E-state index in [1.54, 1.807) is 0 Å². The molecule has 0 radical (unpaired) electrons. The van der Waals surface area contributed by atoms with Gasteiger partial charge >= 0.3 is 0 Å². The van der Waals surface area contributed by atoms with Crippen LogP contribution in [-0.4, -0.2) is 41.8 Å². The molecule has 2 aliphatic rings. The molecule has 1 saturated carbocycles. The van der Waals surface area contributed by atoms with Crippen molar-refractivity contribution in [1.82, 2.24) is 10.2 Å². The number of hydrogen-bond donors (Lipinski definition) is 1. The molecule has 1 aliphatic carbocycles. The first-order valence-electron chi connectivity index (χ1n) is 8.09. The molecule has 116 valence electrons. The van der Waals surface area contributed by atoms with Gasteiger partial charge in [0.25, 0.3) is 0 Å². The van der Waals surface area contributed by atoms with E-state index in [1.807, 2.05) is 6.92 Å². The quantitative estimate of drug-likeness (QED) is 0.779. The fourth-order valence-corrected chi connectivity index (χ4v) is 3.16. The maximum absolute atomic E-state index is 12.8. The molecule has 1 heterocycles. The van der Waals surface area contributed by atoms with Crippen LogP contribution in [0.3, 0.4) is 0 Å². The maximum atomic E-state index is 12.8. The van der Waals surface area contributed by atoms with Gasteiger partial charge in [0.2, 0.25) is 5.91 Å². The second-order valence-corrected chi connectivity index (χ2v) is 7.06. The van der Waals surface area contributed by atoms with Crippen molar-refractivity contribution in [2.45, 2.75) is 71.6 Å². The zero-order valence-corrected chi connectivity index (χ0v) is 13.6. The molecule has 1 N–H and O–H groups in total. The molecule has 2 rings (SSSR count). The second kappa shape index (κ2) is 6.02. The van der Waals surface area contributed by atoms with Gasteiger partial charge in [0.05, 0.1) is 24.4 Å². The lowest BCUT2D eigenvalue weighted by molar-refractivity contribution is -0.135. The zero-order chi connectivity index (χ0) is 14.9. The van der Waals surface area contributed by atoms with E-state index < -0.39 is 0 Å². The minimum absolute atomic E-state index is 0.179. The molecular weight excluding hydrogens is 252 g/mol. The van der Waals surface area contributed by atoms with Crippen LogP contribution in [0.4, 0.5) is 0 Å². The monoisotopic (exact) mass is 282 g/mol. The van der Waals surface area contributed by atoms with E-state index in [-0.39, 0.29) is 17.7 Å². The molecule has 4 heteroatoms. The Bertz CT molecular complexity index is 350. The Morgan fingerprint density at radius 3 is 2.45 bits per heavy atom. The van der Waals surface area contributed by atoms with Crippen LogP contribution < -0.4 is 5.32 Å². The minimum atomic E-state index is -0.223. The van der Waals surface area contributed by atoms with Crippen LogP contribution in [0.1, 0.15) is 53.9 Å². The van der Waals surface area contributed by atoms with E-state index in [2.05, 4.69) is 37.9 Å². The Labute approximate surface area is 123 Å². The van der Waals surface area contributed by atoms with Crippen LogP contribution in [0.15, 0.2) is 0 Å². The Kier molecular flexibility index (Phi) is 4.75. The highest BCUT2D eigenvalue weighted by molar-refractivity contribution is 5.92. The number of nitrogens with zero attached hydrogens (tertiary/aromatic N) is 1. The van der Waals surface area contributed by atoms with Crippen molar-refractivity contribution < 1.29 is 9.53 Å². The summed E-state index contributed by atoms with van der Waals surface area (Å²) in [6.45, 7) is 12.2. The summed E-state index contributed by atoms with van der Waals surface area (Å²) in [5, 5.41) is 3.61. The van der Waals surface area contributed by atoms with Gasteiger partial charge in [-0.05, 0) is 38.0 Å². The number of hydrogen-bond acceptors (Lipinski definition) is 3. The molecule has 0 aromatic rings. The van der Waals surface area contributed by atoms with Crippen LogP contribution in [0.25, 0.3) is 0 Å². The van der Waals surface area contributed by atoms with Gasteiger partial charge in [0, 0.05) is 6.61 Å². The van der Waals surface area contributed by atoms with E-state index in [9.17, 15) is 4.79 Å². The molecule has 1 saturated heterocycles. The summed E-state index contributed by atoms with van der Waals surface area (Å²) in [5.74, 6) is 1.30. The molecule has 0 bridgehead atoms. The highest BCUT2D eigenvalue weighted by atomic mass is 16.5. The maximum Gasteiger partial charge on any atom is 0.244 e. The highest BCUT2D eigenvalue weighted by Crippen LogP contribution is 2.44. The van der Waals surface area contributed by atoms with Crippen molar-refractivity contribution in [3.8, 4) is 0 Å². The van der Waals surface area contributed by atoms with Crippen LogP contribution in [-0.2, 0) is 9.53 Å². The first-order valence-corrected chi connectivity index (χ1v) is 8.09. The van der Waals surface area contributed by atoms with Gasteiger partial charge in [-0.3, -0.25) is 10.1 Å². The summed E-state index contributed by atoms with van der Waals surface area (Å²) in [7, 11) is 0. The van der Waals surface area contributed by atoms with Gasteiger partial charge in [-0.2, -0.15) is 0 Å². The standard InChI is InChI=1S/C16H30N2O2/c1-6-20-10-13(12(4)5)18-14(9-11(2)3)17-16(7-8-16)15(18)19/h11-14,17H,6-10H2,1-5H3. The fourth-order valence-electron chi connectivity index (χ4n) is 3.16. The van der Waals surface area contributed by atoms with Crippen LogP contribution in [0.2, 0.25) is 0 Å². The van der Waals surface area contributed by atoms with Crippen molar-refractivity contribution in [1.29, 1.82) is 0 Å². The fraction of sp³-hybridized carbons (Fsp3) is 0.938. The van der Waals surface area contributed by atoms with Gasteiger partial charge in [0.1, 0.15) is 0 Å². The molecule has 20 heavy (non-hydrogen) atoms. The summed E-state index contributed by atoms with van der Waals surface area (Å²) < 4.78 is 5.64. The lowest BCUT2D eigenvalue weighted by atomic mass is 10.0. The lowest BCUT2D eigenvalue weighted by Crippen LogP contribution is -2.49. The minimum Gasteiger partial charge on any atom is -0.380 e. The molecule has 2 unspecified atom stereocenters. The molecule has 2 fully saturated rings. The number of amides is 1. The SMILES string of the molecule is CCOCC(C(C)C)N1C(=O)C2(CC2)NC1CC(C)C. The molecule has 1 aliphatic heterocycles. The predicted octanol–water partition coefficient (Wildman–Crippen LogP) is 2.38. The van der Waals surface area contributed by atoms with Gasteiger partial charge < -0.3 is 9.64 Å². The van der Waals surface area contributed by atoms with Crippen molar-refractivity contribution in [2.75, 3.05) is 13.2 Å². The summed E-state index contributed by atoms with van der Waals surface area (Å²) in [6.07, 6.45) is 3.19. The third-order valence-electron chi connectivity index (χ3n) is 4.49. The molecule has 4 nitrogen and oxygen atoms in total. The molecular formula is C16H30N2O2. The number of nitrogens with one attached hydrogen (secondary N) is 1. The van der Waals surface area contributed by atoms with Gasteiger partial charge in [-0.25, -0.2) is 0 Å². The van der Waals surface area contributed by atoms with Crippen molar-refractivity contribution in [2.24, 2.45) is 11.8 Å². The number of ether oxygens (including phenoxy) is 1. The third-order valence-corrected chi connectivity index (χ3v) is 4.49. The van der Waals surface area contributed by atoms with Crippen LogP contribution in [0, 0.1) is 11.8 Å². The Morgan fingerprint density at radius 1 is 1.35 bits per heavy atom. The zero-order valence-electron chi connectivity index (χ0n) is 13.6. The van der Waals surface area contributed by atoms with E-state index in [4.69, 9.17) is 4.74 Å². The number of carbonyl (C=O) groups excluding carboxylic acids is 1. The normalized spacial score (nSPS) is 26.1. The summed E-state index contributed by atoms with van der Waals surface area (Å²) in [5.41, 5.74) is -0.223. The number of rotatable bonds is 7. The van der Waals surface area contributed by atoms with Crippen molar-refractivity contribution in [3.05, 3.63) is 0 Å². The molecule has 1 spiro atoms. The van der Waals surface area contributed by atoms with E-state index >= 15 is 0 Å². The predicted molar refractivity (Wildman–Crippen MR) is 80.3 cm³/mol. The lowest BCUT2D eigenvalue weighted by Gasteiger charge is -2.35. The highest BCUT2D eigenvalue weighted by Gasteiger charge is 2.60. The third kappa shape index (κ3) is 3.01. The number of carbonyl (C=O) groups is 1. The Morgan fingerprint density at radius 2 is 2.00 bits per heavy atom. The van der Waals surface area contributed by atoms with Crippen LogP contribution in [0.5, 0.6) is 0 Å². The summed E-state index contributed by atoms with van der Waals surface area (Å²) in [4.78, 5) is 14.9. The first kappa shape index (κ1) is 15.8. The van der Waals surface area contributed by atoms with E-state index in [1.165, 1.54) is 0 Å². The first-order chi connectivity index (χ1) is 9.41. The Hall–Kier alpha value is -0.610. The molecule has 0 aromatic heterocycles. The van der Waals surface area contributed by atoms with Crippen molar-refractivity contribution in [3.63, 3.8) is 0 Å². The molecule has 1 amide bonds. The van der Waals surface area contributed by atoms with Crippen LogP contribution >= 0.6 is 0 Å². The average molecular weight is 282 g/mol.